The Morgan fingerprint density at radius 1 is 1.45 bits per heavy atom. The molecule has 2 N–H and O–H groups in total. The Bertz CT molecular complexity index is 290. The fourth-order valence-electron chi connectivity index (χ4n) is 0.797. The van der Waals surface area contributed by atoms with E-state index in [2.05, 4.69) is 0 Å². The topological polar surface area (TPSA) is 49.8 Å². The molecule has 0 saturated carbocycles. The number of halogens is 1. The van der Waals surface area contributed by atoms with E-state index in [1.54, 1.807) is 24.3 Å². The van der Waals surface area contributed by atoms with Crippen molar-refractivity contribution in [1.29, 1.82) is 5.26 Å². The molecule has 1 atom stereocenters. The molecule has 0 heterocycles. The van der Waals surface area contributed by atoms with Crippen LogP contribution < -0.4 is 5.73 Å². The molecule has 1 rings (SSSR count). The van der Waals surface area contributed by atoms with Crippen LogP contribution in [0, 0.1) is 11.3 Å². The molecule has 0 amide bonds. The molecule has 0 aliphatic rings. The lowest BCUT2D eigenvalue weighted by atomic mass is 10.1. The lowest BCUT2D eigenvalue weighted by Crippen LogP contribution is -2.07. The summed E-state index contributed by atoms with van der Waals surface area (Å²) in [4.78, 5) is 0. The number of nitrogens with zero attached hydrogens (tertiary/aromatic N) is 1. The third-order valence-corrected chi connectivity index (χ3v) is 1.72. The molecule has 1 aromatic rings. The van der Waals surface area contributed by atoms with Crippen LogP contribution in [-0.2, 0) is 0 Å². The fraction of sp³-hybridized carbons (Fsp3) is 0.125. The molecule has 0 bridgehead atoms. The second-order valence-electron chi connectivity index (χ2n) is 2.13. The Hall–Kier alpha value is -1.04. The largest absolute Gasteiger partial charge is 0.312 e. The van der Waals surface area contributed by atoms with E-state index in [0.29, 0.717) is 10.6 Å². The zero-order valence-electron chi connectivity index (χ0n) is 5.79. The molecule has 0 saturated heterocycles. The van der Waals surface area contributed by atoms with Gasteiger partial charge in [-0.05, 0) is 6.07 Å². The van der Waals surface area contributed by atoms with Gasteiger partial charge in [0.1, 0.15) is 6.04 Å². The Balaban J connectivity index is 3.05. The number of hydrogen-bond acceptors (Lipinski definition) is 2. The van der Waals surface area contributed by atoms with Crippen molar-refractivity contribution in [2.75, 3.05) is 0 Å². The van der Waals surface area contributed by atoms with Crippen molar-refractivity contribution in [3.63, 3.8) is 0 Å². The molecular formula is C8H7ClN2. The smallest absolute Gasteiger partial charge is 0.120 e. The monoisotopic (exact) mass is 166 g/mol. The van der Waals surface area contributed by atoms with E-state index in [0.717, 1.165) is 0 Å². The van der Waals surface area contributed by atoms with Gasteiger partial charge in [0.2, 0.25) is 0 Å². The minimum absolute atomic E-state index is 0.543. The van der Waals surface area contributed by atoms with E-state index in [4.69, 9.17) is 22.6 Å². The summed E-state index contributed by atoms with van der Waals surface area (Å²) in [5.41, 5.74) is 6.13. The van der Waals surface area contributed by atoms with Gasteiger partial charge in [-0.25, -0.2) is 0 Å². The number of nitrogens with two attached hydrogens (primary N) is 1. The molecule has 11 heavy (non-hydrogen) atoms. The Labute approximate surface area is 70.2 Å². The van der Waals surface area contributed by atoms with Gasteiger partial charge in [0, 0.05) is 10.6 Å². The van der Waals surface area contributed by atoms with Gasteiger partial charge in [-0.3, -0.25) is 0 Å². The molecule has 56 valence electrons. The van der Waals surface area contributed by atoms with Crippen LogP contribution in [0.4, 0.5) is 0 Å². The molecular weight excluding hydrogens is 160 g/mol. The summed E-state index contributed by atoms with van der Waals surface area (Å²) in [6.45, 7) is 0. The zero-order valence-corrected chi connectivity index (χ0v) is 6.55. The van der Waals surface area contributed by atoms with Crippen LogP contribution in [0.15, 0.2) is 24.3 Å². The molecule has 3 heteroatoms. The quantitative estimate of drug-likeness (QED) is 0.693. The first-order chi connectivity index (χ1) is 5.25. The van der Waals surface area contributed by atoms with Crippen LogP contribution in [0.1, 0.15) is 11.6 Å². The van der Waals surface area contributed by atoms with Crippen LogP contribution in [0.5, 0.6) is 0 Å². The average molecular weight is 167 g/mol. The van der Waals surface area contributed by atoms with Crippen molar-refractivity contribution in [3.8, 4) is 6.07 Å². The van der Waals surface area contributed by atoms with E-state index in [-0.39, 0.29) is 0 Å². The summed E-state index contributed by atoms with van der Waals surface area (Å²) in [6.07, 6.45) is 0. The van der Waals surface area contributed by atoms with Crippen LogP contribution >= 0.6 is 11.6 Å². The van der Waals surface area contributed by atoms with E-state index >= 15 is 0 Å². The summed E-state index contributed by atoms with van der Waals surface area (Å²) >= 11 is 5.77. The van der Waals surface area contributed by atoms with E-state index in [1.165, 1.54) is 0 Å². The predicted octanol–water partition coefficient (Wildman–Crippen LogP) is 1.86. The lowest BCUT2D eigenvalue weighted by Gasteiger charge is -2.03. The average Bonchev–Trinajstić information content (AvgIpc) is 2.04. The molecule has 1 unspecified atom stereocenters. The van der Waals surface area contributed by atoms with E-state index in [9.17, 15) is 0 Å². The van der Waals surface area contributed by atoms with Crippen molar-refractivity contribution in [2.24, 2.45) is 5.73 Å². The third kappa shape index (κ3) is 1.70. The first-order valence-corrected chi connectivity index (χ1v) is 3.53. The normalized spacial score (nSPS) is 12.1. The van der Waals surface area contributed by atoms with Gasteiger partial charge in [-0.2, -0.15) is 5.26 Å². The van der Waals surface area contributed by atoms with Gasteiger partial charge in [-0.1, -0.05) is 29.8 Å². The second-order valence-corrected chi connectivity index (χ2v) is 2.54. The highest BCUT2D eigenvalue weighted by molar-refractivity contribution is 6.31. The molecule has 0 aromatic heterocycles. The van der Waals surface area contributed by atoms with Crippen LogP contribution in [0.3, 0.4) is 0 Å². The van der Waals surface area contributed by atoms with Gasteiger partial charge in [0.05, 0.1) is 6.07 Å². The lowest BCUT2D eigenvalue weighted by molar-refractivity contribution is 0.926. The van der Waals surface area contributed by atoms with Gasteiger partial charge >= 0.3 is 0 Å². The summed E-state index contributed by atoms with van der Waals surface area (Å²) in [6, 6.07) is 8.36. The molecule has 1 aromatic carbocycles. The van der Waals surface area contributed by atoms with Crippen molar-refractivity contribution in [1.82, 2.24) is 0 Å². The van der Waals surface area contributed by atoms with Crippen LogP contribution in [0.25, 0.3) is 0 Å². The van der Waals surface area contributed by atoms with Crippen LogP contribution in [0.2, 0.25) is 5.02 Å². The summed E-state index contributed by atoms with van der Waals surface area (Å²) < 4.78 is 0. The molecule has 0 fully saturated rings. The first-order valence-electron chi connectivity index (χ1n) is 3.15. The maximum atomic E-state index is 8.48. The standard InChI is InChI=1S/C8H7ClN2/c9-7-4-2-1-3-6(7)8(11)5-10/h1-4,8H,11H2. The molecule has 2 nitrogen and oxygen atoms in total. The predicted molar refractivity (Wildman–Crippen MR) is 44.0 cm³/mol. The van der Waals surface area contributed by atoms with Crippen LogP contribution in [-0.4, -0.2) is 0 Å². The van der Waals surface area contributed by atoms with E-state index in [1.807, 2.05) is 6.07 Å². The van der Waals surface area contributed by atoms with Gasteiger partial charge < -0.3 is 5.73 Å². The van der Waals surface area contributed by atoms with Gasteiger partial charge in [-0.15, -0.1) is 0 Å². The molecule has 0 spiro atoms. The fourth-order valence-corrected chi connectivity index (χ4v) is 1.05. The van der Waals surface area contributed by atoms with Crippen molar-refractivity contribution in [3.05, 3.63) is 34.9 Å². The summed E-state index contributed by atoms with van der Waals surface area (Å²) in [7, 11) is 0. The number of benzene rings is 1. The second kappa shape index (κ2) is 3.38. The van der Waals surface area contributed by atoms with Crippen molar-refractivity contribution >= 4 is 11.6 Å². The van der Waals surface area contributed by atoms with E-state index < -0.39 is 6.04 Å². The van der Waals surface area contributed by atoms with Crippen molar-refractivity contribution in [2.45, 2.75) is 6.04 Å². The maximum Gasteiger partial charge on any atom is 0.120 e. The molecule has 0 radical (unpaired) electrons. The third-order valence-electron chi connectivity index (χ3n) is 1.38. The summed E-state index contributed by atoms with van der Waals surface area (Å²) in [5.74, 6) is 0. The zero-order chi connectivity index (χ0) is 8.27. The maximum absolute atomic E-state index is 8.48. The highest BCUT2D eigenvalue weighted by atomic mass is 35.5. The number of hydrogen-bond donors (Lipinski definition) is 1. The SMILES string of the molecule is N#CC(N)c1ccccc1Cl. The highest BCUT2D eigenvalue weighted by Crippen LogP contribution is 2.19. The Kier molecular flexibility index (Phi) is 2.48. The summed E-state index contributed by atoms with van der Waals surface area (Å²) in [5, 5.41) is 9.02. The van der Waals surface area contributed by atoms with Gasteiger partial charge in [0.25, 0.3) is 0 Å². The van der Waals surface area contributed by atoms with Gasteiger partial charge in [0.15, 0.2) is 0 Å². The highest BCUT2D eigenvalue weighted by Gasteiger charge is 2.06. The minimum Gasteiger partial charge on any atom is -0.312 e. The van der Waals surface area contributed by atoms with Crippen molar-refractivity contribution < 1.29 is 0 Å². The molecule has 0 aliphatic carbocycles. The minimum atomic E-state index is -0.622. The number of nitriles is 1. The Morgan fingerprint density at radius 3 is 2.64 bits per heavy atom. The first kappa shape index (κ1) is 8.06. The Morgan fingerprint density at radius 2 is 2.09 bits per heavy atom. The number of rotatable bonds is 1. The molecule has 0 aliphatic heterocycles.